The molecule has 0 aliphatic rings. The summed E-state index contributed by atoms with van der Waals surface area (Å²) in [4.78, 5) is 15.1. The average molecular weight is 308 g/mol. The molecule has 0 aliphatic heterocycles. The molecule has 0 amide bonds. The van der Waals surface area contributed by atoms with Crippen LogP contribution in [0.4, 0.5) is 0 Å². The van der Waals surface area contributed by atoms with E-state index in [1.54, 1.807) is 31.3 Å². The molecule has 2 aromatic rings. The zero-order valence-corrected chi connectivity index (χ0v) is 12.3. The van der Waals surface area contributed by atoms with Crippen molar-refractivity contribution >= 4 is 26.8 Å². The van der Waals surface area contributed by atoms with Crippen LogP contribution in [0.5, 0.6) is 0 Å². The zero-order valence-electron chi connectivity index (χ0n) is 11.5. The molecule has 0 saturated heterocycles. The second kappa shape index (κ2) is 6.19. The summed E-state index contributed by atoms with van der Waals surface area (Å²) in [5, 5.41) is 10.3. The Morgan fingerprint density at radius 1 is 1.38 bits per heavy atom. The first-order chi connectivity index (χ1) is 9.95. The topological polar surface area (TPSA) is 96.4 Å². The summed E-state index contributed by atoms with van der Waals surface area (Å²) in [6, 6.07) is 5.28. The number of hydrogen-bond donors (Lipinski definition) is 2. The summed E-state index contributed by atoms with van der Waals surface area (Å²) in [5.41, 5.74) is 0. The van der Waals surface area contributed by atoms with Gasteiger partial charge in [0.05, 0.1) is 4.90 Å². The molecular formula is C14H16N2O4S. The minimum Gasteiger partial charge on any atom is -0.480 e. The Kier molecular flexibility index (Phi) is 4.54. The molecule has 6 nitrogen and oxygen atoms in total. The summed E-state index contributed by atoms with van der Waals surface area (Å²) < 4.78 is 27.1. The number of aromatic nitrogens is 1. The van der Waals surface area contributed by atoms with E-state index < -0.39 is 22.0 Å². The third kappa shape index (κ3) is 3.37. The first kappa shape index (κ1) is 15.4. The highest BCUT2D eigenvalue weighted by atomic mass is 32.2. The van der Waals surface area contributed by atoms with Crippen LogP contribution in [0.3, 0.4) is 0 Å². The van der Waals surface area contributed by atoms with Crippen molar-refractivity contribution in [3.05, 3.63) is 36.7 Å². The van der Waals surface area contributed by atoms with Gasteiger partial charge in [-0.2, -0.15) is 4.72 Å². The lowest BCUT2D eigenvalue weighted by Crippen LogP contribution is -2.40. The van der Waals surface area contributed by atoms with E-state index in [0.29, 0.717) is 17.2 Å². The predicted octanol–water partition coefficient (Wildman–Crippen LogP) is 1.77. The first-order valence-corrected chi connectivity index (χ1v) is 8.02. The van der Waals surface area contributed by atoms with Crippen LogP contribution < -0.4 is 4.72 Å². The highest BCUT2D eigenvalue weighted by molar-refractivity contribution is 7.89. The van der Waals surface area contributed by atoms with E-state index in [1.165, 1.54) is 12.3 Å². The van der Waals surface area contributed by atoms with Crippen molar-refractivity contribution < 1.29 is 18.3 Å². The van der Waals surface area contributed by atoms with Gasteiger partial charge >= 0.3 is 5.97 Å². The number of pyridine rings is 1. The molecule has 2 rings (SSSR count). The van der Waals surface area contributed by atoms with E-state index in [0.717, 1.165) is 0 Å². The fraction of sp³-hybridized carbons (Fsp3) is 0.286. The van der Waals surface area contributed by atoms with Crippen LogP contribution in [0.2, 0.25) is 0 Å². The van der Waals surface area contributed by atoms with Crippen molar-refractivity contribution in [3.63, 3.8) is 0 Å². The summed E-state index contributed by atoms with van der Waals surface area (Å²) in [6.45, 7) is 1.80. The number of hydrogen-bond acceptors (Lipinski definition) is 4. The molecule has 1 atom stereocenters. The maximum Gasteiger partial charge on any atom is 0.321 e. The van der Waals surface area contributed by atoms with Crippen molar-refractivity contribution in [2.45, 2.75) is 30.7 Å². The van der Waals surface area contributed by atoms with Crippen LogP contribution >= 0.6 is 0 Å². The molecule has 2 N–H and O–H groups in total. The number of benzene rings is 1. The van der Waals surface area contributed by atoms with Crippen molar-refractivity contribution in [1.29, 1.82) is 0 Å². The Morgan fingerprint density at radius 3 is 2.81 bits per heavy atom. The highest BCUT2D eigenvalue weighted by Crippen LogP contribution is 2.22. The number of nitrogens with one attached hydrogen (secondary N) is 1. The molecule has 1 heterocycles. The van der Waals surface area contributed by atoms with Crippen molar-refractivity contribution in [3.8, 4) is 0 Å². The summed E-state index contributed by atoms with van der Waals surface area (Å²) in [6.07, 6.45) is 3.87. The number of nitrogens with zero attached hydrogens (tertiary/aromatic N) is 1. The standard InChI is InChI=1S/C14H16N2O4S/c1-2-4-12(14(17)18)16-21(19,20)13-6-3-5-10-9-15-8-7-11(10)13/h3,5-9,12,16H,2,4H2,1H3,(H,17,18)/t12-/m0/s1. The van der Waals surface area contributed by atoms with E-state index in [4.69, 9.17) is 5.11 Å². The third-order valence-corrected chi connectivity index (χ3v) is 4.63. The molecular weight excluding hydrogens is 292 g/mol. The Morgan fingerprint density at radius 2 is 2.14 bits per heavy atom. The number of carbonyl (C=O) groups is 1. The second-order valence-corrected chi connectivity index (χ2v) is 6.34. The zero-order chi connectivity index (χ0) is 15.5. The highest BCUT2D eigenvalue weighted by Gasteiger charge is 2.25. The first-order valence-electron chi connectivity index (χ1n) is 6.53. The quantitative estimate of drug-likeness (QED) is 0.847. The van der Waals surface area contributed by atoms with Crippen LogP contribution in [0.25, 0.3) is 10.8 Å². The molecule has 0 fully saturated rings. The molecule has 1 aromatic heterocycles. The van der Waals surface area contributed by atoms with Gasteiger partial charge in [-0.05, 0) is 18.6 Å². The van der Waals surface area contributed by atoms with E-state index in [9.17, 15) is 13.2 Å². The minimum atomic E-state index is -3.91. The van der Waals surface area contributed by atoms with E-state index >= 15 is 0 Å². The Labute approximate surface area is 122 Å². The predicted molar refractivity (Wildman–Crippen MR) is 78.4 cm³/mol. The van der Waals surface area contributed by atoms with Gasteiger partial charge in [0.25, 0.3) is 0 Å². The maximum atomic E-state index is 12.4. The van der Waals surface area contributed by atoms with Gasteiger partial charge < -0.3 is 5.11 Å². The van der Waals surface area contributed by atoms with Crippen molar-refractivity contribution in [2.75, 3.05) is 0 Å². The molecule has 0 saturated carbocycles. The number of rotatable bonds is 6. The smallest absolute Gasteiger partial charge is 0.321 e. The molecule has 0 bridgehead atoms. The fourth-order valence-electron chi connectivity index (χ4n) is 2.10. The van der Waals surface area contributed by atoms with Gasteiger partial charge in [-0.3, -0.25) is 9.78 Å². The molecule has 21 heavy (non-hydrogen) atoms. The summed E-state index contributed by atoms with van der Waals surface area (Å²) in [7, 11) is -3.91. The molecule has 0 radical (unpaired) electrons. The second-order valence-electron chi connectivity index (χ2n) is 4.65. The number of sulfonamides is 1. The van der Waals surface area contributed by atoms with E-state index in [1.807, 2.05) is 0 Å². The van der Waals surface area contributed by atoms with Gasteiger partial charge in [-0.25, -0.2) is 8.42 Å². The third-order valence-electron chi connectivity index (χ3n) is 3.10. The van der Waals surface area contributed by atoms with Gasteiger partial charge in [0, 0.05) is 23.2 Å². The fourth-order valence-corrected chi connectivity index (χ4v) is 3.55. The summed E-state index contributed by atoms with van der Waals surface area (Å²) in [5.74, 6) is -1.18. The van der Waals surface area contributed by atoms with Crippen LogP contribution in [0.1, 0.15) is 19.8 Å². The van der Waals surface area contributed by atoms with Gasteiger partial charge in [0.15, 0.2) is 0 Å². The van der Waals surface area contributed by atoms with Crippen molar-refractivity contribution in [1.82, 2.24) is 9.71 Å². The molecule has 0 spiro atoms. The van der Waals surface area contributed by atoms with Crippen LogP contribution in [0, 0.1) is 0 Å². The average Bonchev–Trinajstić information content (AvgIpc) is 2.46. The Hall–Kier alpha value is -1.99. The monoisotopic (exact) mass is 308 g/mol. The Balaban J connectivity index is 2.44. The lowest BCUT2D eigenvalue weighted by atomic mass is 10.2. The Bertz CT molecular complexity index is 753. The molecule has 0 unspecified atom stereocenters. The van der Waals surface area contributed by atoms with Gasteiger partial charge in [0.2, 0.25) is 10.0 Å². The lowest BCUT2D eigenvalue weighted by Gasteiger charge is -2.15. The number of carboxylic acid groups (broad SMARTS) is 1. The minimum absolute atomic E-state index is 0.0600. The van der Waals surface area contributed by atoms with Crippen LogP contribution in [-0.4, -0.2) is 30.5 Å². The lowest BCUT2D eigenvalue weighted by molar-refractivity contribution is -0.139. The maximum absolute atomic E-state index is 12.4. The van der Waals surface area contributed by atoms with Gasteiger partial charge in [-0.1, -0.05) is 25.5 Å². The normalized spacial score (nSPS) is 13.2. The van der Waals surface area contributed by atoms with Crippen LogP contribution in [-0.2, 0) is 14.8 Å². The number of fused-ring (bicyclic) bond motifs is 1. The SMILES string of the molecule is CCC[C@H](NS(=O)(=O)c1cccc2cnccc12)C(=O)O. The van der Waals surface area contributed by atoms with Crippen molar-refractivity contribution in [2.24, 2.45) is 0 Å². The largest absolute Gasteiger partial charge is 0.480 e. The molecule has 1 aromatic carbocycles. The number of carboxylic acids is 1. The molecule has 7 heteroatoms. The van der Waals surface area contributed by atoms with E-state index in [-0.39, 0.29) is 11.3 Å². The molecule has 0 aliphatic carbocycles. The number of aliphatic carboxylic acids is 1. The van der Waals surface area contributed by atoms with Gasteiger partial charge in [0.1, 0.15) is 6.04 Å². The van der Waals surface area contributed by atoms with Crippen LogP contribution in [0.15, 0.2) is 41.6 Å². The molecule has 112 valence electrons. The van der Waals surface area contributed by atoms with Gasteiger partial charge in [-0.15, -0.1) is 0 Å². The summed E-state index contributed by atoms with van der Waals surface area (Å²) >= 11 is 0. The van der Waals surface area contributed by atoms with E-state index in [2.05, 4.69) is 9.71 Å².